The molecular weight excluding hydrogens is 400 g/mol. The highest BCUT2D eigenvalue weighted by Crippen LogP contribution is 2.34. The molecule has 0 atom stereocenters. The Morgan fingerprint density at radius 2 is 1.68 bits per heavy atom. The Kier molecular flexibility index (Phi) is 6.44. The third-order valence-electron chi connectivity index (χ3n) is 5.66. The van der Waals surface area contributed by atoms with Crippen molar-refractivity contribution in [1.82, 2.24) is 14.4 Å². The van der Waals surface area contributed by atoms with Gasteiger partial charge in [0.2, 0.25) is 15.9 Å². The molecule has 0 amide bonds. The van der Waals surface area contributed by atoms with Crippen molar-refractivity contribution in [2.75, 3.05) is 13.1 Å². The van der Waals surface area contributed by atoms with E-state index in [0.29, 0.717) is 42.5 Å². The number of hydrogen-bond acceptors (Lipinski definition) is 6. The number of rotatable bonds is 6. The maximum absolute atomic E-state index is 12.6. The lowest BCUT2D eigenvalue weighted by Gasteiger charge is -2.17. The second kappa shape index (κ2) is 8.49. The quantitative estimate of drug-likeness (QED) is 0.761. The molecule has 2 heterocycles. The van der Waals surface area contributed by atoms with Gasteiger partial charge < -0.3 is 10.3 Å². The first kappa shape index (κ1) is 21.2. The molecular formula is C19H27ClN4O3S. The lowest BCUT2D eigenvalue weighted by atomic mass is 9.99. The Hall–Kier alpha value is -1.48. The SMILES string of the molecule is Cl.NC1(c2noc(CCc3ccc(S(=O)(=O)N4CCCC4)cc3)n2)CCCC1. The summed E-state index contributed by atoms with van der Waals surface area (Å²) in [6.45, 7) is 1.23. The van der Waals surface area contributed by atoms with E-state index in [2.05, 4.69) is 10.1 Å². The van der Waals surface area contributed by atoms with E-state index in [4.69, 9.17) is 10.3 Å². The molecule has 1 aromatic heterocycles. The zero-order valence-electron chi connectivity index (χ0n) is 15.8. The highest BCUT2D eigenvalue weighted by Gasteiger charge is 2.35. The molecule has 0 spiro atoms. The van der Waals surface area contributed by atoms with Crippen molar-refractivity contribution in [3.8, 4) is 0 Å². The molecule has 28 heavy (non-hydrogen) atoms. The Bertz CT molecular complexity index is 886. The van der Waals surface area contributed by atoms with Crippen molar-refractivity contribution < 1.29 is 12.9 Å². The molecule has 1 aromatic carbocycles. The van der Waals surface area contributed by atoms with Crippen LogP contribution in [0.5, 0.6) is 0 Å². The second-order valence-electron chi connectivity index (χ2n) is 7.63. The van der Waals surface area contributed by atoms with Gasteiger partial charge in [0.25, 0.3) is 0 Å². The fraction of sp³-hybridized carbons (Fsp3) is 0.579. The number of aromatic nitrogens is 2. The average molecular weight is 427 g/mol. The molecule has 2 N–H and O–H groups in total. The first-order valence-electron chi connectivity index (χ1n) is 9.68. The summed E-state index contributed by atoms with van der Waals surface area (Å²) in [4.78, 5) is 4.84. The van der Waals surface area contributed by atoms with E-state index in [9.17, 15) is 8.42 Å². The van der Waals surface area contributed by atoms with Gasteiger partial charge >= 0.3 is 0 Å². The molecule has 7 nitrogen and oxygen atoms in total. The smallest absolute Gasteiger partial charge is 0.243 e. The molecule has 1 aliphatic carbocycles. The predicted octanol–water partition coefficient (Wildman–Crippen LogP) is 2.79. The number of aryl methyl sites for hydroxylation is 2. The number of nitrogens with zero attached hydrogens (tertiary/aromatic N) is 3. The topological polar surface area (TPSA) is 102 Å². The van der Waals surface area contributed by atoms with Crippen LogP contribution in [0, 0.1) is 0 Å². The van der Waals surface area contributed by atoms with Crippen LogP contribution < -0.4 is 5.73 Å². The first-order valence-corrected chi connectivity index (χ1v) is 11.1. The van der Waals surface area contributed by atoms with Gasteiger partial charge in [0.15, 0.2) is 5.82 Å². The maximum Gasteiger partial charge on any atom is 0.243 e. The third-order valence-corrected chi connectivity index (χ3v) is 7.58. The van der Waals surface area contributed by atoms with Gasteiger partial charge in [-0.05, 0) is 49.8 Å². The molecule has 9 heteroatoms. The van der Waals surface area contributed by atoms with Crippen LogP contribution in [-0.4, -0.2) is 36.0 Å². The molecule has 1 saturated carbocycles. The number of benzene rings is 1. The van der Waals surface area contributed by atoms with Crippen LogP contribution in [0.1, 0.15) is 55.8 Å². The molecule has 0 radical (unpaired) electrons. The predicted molar refractivity (Wildman–Crippen MR) is 108 cm³/mol. The molecule has 1 aliphatic heterocycles. The molecule has 0 unspecified atom stereocenters. The van der Waals surface area contributed by atoms with Gasteiger partial charge in [-0.25, -0.2) is 8.42 Å². The van der Waals surface area contributed by atoms with Crippen molar-refractivity contribution in [1.29, 1.82) is 0 Å². The summed E-state index contributed by atoms with van der Waals surface area (Å²) in [7, 11) is -3.36. The minimum absolute atomic E-state index is 0. The van der Waals surface area contributed by atoms with Crippen LogP contribution in [0.15, 0.2) is 33.7 Å². The largest absolute Gasteiger partial charge is 0.339 e. The van der Waals surface area contributed by atoms with E-state index in [-0.39, 0.29) is 12.4 Å². The number of hydrogen-bond donors (Lipinski definition) is 1. The average Bonchev–Trinajstić information content (AvgIpc) is 3.42. The Balaban J connectivity index is 0.00000225. The van der Waals surface area contributed by atoms with Crippen LogP contribution in [0.3, 0.4) is 0 Å². The second-order valence-corrected chi connectivity index (χ2v) is 9.57. The van der Waals surface area contributed by atoms with Crippen LogP contribution in [0.25, 0.3) is 0 Å². The van der Waals surface area contributed by atoms with Gasteiger partial charge in [0.1, 0.15) is 0 Å². The molecule has 2 aliphatic rings. The van der Waals surface area contributed by atoms with Gasteiger partial charge in [0, 0.05) is 19.5 Å². The van der Waals surface area contributed by atoms with E-state index in [1.807, 2.05) is 12.1 Å². The van der Waals surface area contributed by atoms with Crippen molar-refractivity contribution in [3.63, 3.8) is 0 Å². The molecule has 2 aromatic rings. The lowest BCUT2D eigenvalue weighted by molar-refractivity contribution is 0.348. The Labute approximate surface area is 172 Å². The van der Waals surface area contributed by atoms with Gasteiger partial charge in [-0.3, -0.25) is 0 Å². The summed E-state index contributed by atoms with van der Waals surface area (Å²) < 4.78 is 32.1. The minimum Gasteiger partial charge on any atom is -0.339 e. The number of nitrogens with two attached hydrogens (primary N) is 1. The van der Waals surface area contributed by atoms with Gasteiger partial charge in [-0.2, -0.15) is 9.29 Å². The van der Waals surface area contributed by atoms with Crippen molar-refractivity contribution >= 4 is 22.4 Å². The summed E-state index contributed by atoms with van der Waals surface area (Å²) in [5.41, 5.74) is 6.97. The van der Waals surface area contributed by atoms with E-state index >= 15 is 0 Å². The summed E-state index contributed by atoms with van der Waals surface area (Å²) in [6.07, 6.45) is 7.21. The van der Waals surface area contributed by atoms with Crippen LogP contribution >= 0.6 is 12.4 Å². The monoisotopic (exact) mass is 426 g/mol. The van der Waals surface area contributed by atoms with E-state index in [1.165, 1.54) is 0 Å². The molecule has 2 fully saturated rings. The molecule has 0 bridgehead atoms. The normalized spacial score (nSPS) is 19.6. The molecule has 1 saturated heterocycles. The van der Waals surface area contributed by atoms with Gasteiger partial charge in [-0.1, -0.05) is 30.1 Å². The van der Waals surface area contributed by atoms with Crippen LogP contribution in [-0.2, 0) is 28.4 Å². The summed E-state index contributed by atoms with van der Waals surface area (Å²) in [6, 6.07) is 7.11. The Morgan fingerprint density at radius 3 is 2.32 bits per heavy atom. The number of sulfonamides is 1. The van der Waals surface area contributed by atoms with Crippen molar-refractivity contribution in [2.24, 2.45) is 5.73 Å². The number of halogens is 1. The minimum atomic E-state index is -3.36. The third kappa shape index (κ3) is 4.25. The van der Waals surface area contributed by atoms with Crippen molar-refractivity contribution in [2.45, 2.75) is 61.8 Å². The summed E-state index contributed by atoms with van der Waals surface area (Å²) >= 11 is 0. The van der Waals surface area contributed by atoms with E-state index < -0.39 is 15.6 Å². The van der Waals surface area contributed by atoms with E-state index in [0.717, 1.165) is 44.1 Å². The lowest BCUT2D eigenvalue weighted by Crippen LogP contribution is -2.34. The van der Waals surface area contributed by atoms with Crippen molar-refractivity contribution in [3.05, 3.63) is 41.5 Å². The van der Waals surface area contributed by atoms with Crippen LogP contribution in [0.2, 0.25) is 0 Å². The fourth-order valence-electron chi connectivity index (χ4n) is 3.95. The standard InChI is InChI=1S/C19H26N4O3S.ClH/c20-19(11-1-2-12-19)18-21-17(26-22-18)10-7-15-5-8-16(9-6-15)27(24,25)23-13-3-4-14-23;/h5-6,8-9H,1-4,7,10-14,20H2;1H. The summed E-state index contributed by atoms with van der Waals surface area (Å²) in [5, 5.41) is 4.08. The molecule has 4 rings (SSSR count). The van der Waals surface area contributed by atoms with Crippen LogP contribution in [0.4, 0.5) is 0 Å². The first-order chi connectivity index (χ1) is 13.0. The Morgan fingerprint density at radius 1 is 1.04 bits per heavy atom. The van der Waals surface area contributed by atoms with Gasteiger partial charge in [0.05, 0.1) is 10.4 Å². The van der Waals surface area contributed by atoms with E-state index in [1.54, 1.807) is 16.4 Å². The highest BCUT2D eigenvalue weighted by molar-refractivity contribution is 7.89. The zero-order valence-corrected chi connectivity index (χ0v) is 17.5. The summed E-state index contributed by atoms with van der Waals surface area (Å²) in [5.74, 6) is 1.19. The fourth-order valence-corrected chi connectivity index (χ4v) is 5.46. The highest BCUT2D eigenvalue weighted by atomic mass is 35.5. The zero-order chi connectivity index (χ0) is 18.9. The molecule has 154 valence electrons. The maximum atomic E-state index is 12.6. The van der Waals surface area contributed by atoms with Gasteiger partial charge in [-0.15, -0.1) is 12.4 Å².